The van der Waals surface area contributed by atoms with Gasteiger partial charge in [-0.25, -0.2) is 19.9 Å². The number of aromatic nitrogens is 6. The smallest absolute Gasteiger partial charge is 0.234 e. The topological polar surface area (TPSA) is 61.4 Å². The summed E-state index contributed by atoms with van der Waals surface area (Å²) in [6.07, 6.45) is 3.74. The quantitative estimate of drug-likeness (QED) is 0.188. The number of para-hydroxylation sites is 3. The second kappa shape index (κ2) is 11.4. The van der Waals surface area contributed by atoms with Crippen LogP contribution in [0, 0.1) is 0 Å². The van der Waals surface area contributed by atoms with Crippen molar-refractivity contribution in [2.45, 2.75) is 0 Å². The molecule has 0 fully saturated rings. The first kappa shape index (κ1) is 28.1. The average Bonchev–Trinajstić information content (AvgIpc) is 3.70. The molecule has 234 valence electrons. The van der Waals surface area contributed by atoms with Crippen LogP contribution in [0.25, 0.3) is 89.2 Å². The molecule has 0 atom stereocenters. The van der Waals surface area contributed by atoms with Crippen LogP contribution in [0.1, 0.15) is 0 Å². The second-order valence-electron chi connectivity index (χ2n) is 12.4. The fourth-order valence-electron chi connectivity index (χ4n) is 7.14. The number of fused-ring (bicyclic) bond motifs is 6. The van der Waals surface area contributed by atoms with E-state index in [1.807, 2.05) is 67.0 Å². The first-order valence-corrected chi connectivity index (χ1v) is 16.6. The molecule has 0 amide bonds. The molecule has 0 unspecified atom stereocenters. The molecule has 6 aromatic carbocycles. The molecule has 0 saturated heterocycles. The molecule has 10 aromatic rings. The molecular formula is C44H28N6. The Hall–Kier alpha value is -6.92. The summed E-state index contributed by atoms with van der Waals surface area (Å²) in [4.78, 5) is 19.9. The zero-order valence-electron chi connectivity index (χ0n) is 26.8. The zero-order chi connectivity index (χ0) is 33.0. The van der Waals surface area contributed by atoms with Gasteiger partial charge in [0, 0.05) is 56.3 Å². The second-order valence-corrected chi connectivity index (χ2v) is 12.4. The maximum atomic E-state index is 4.98. The predicted octanol–water partition coefficient (Wildman–Crippen LogP) is 10.5. The van der Waals surface area contributed by atoms with Crippen LogP contribution in [-0.4, -0.2) is 29.1 Å². The molecule has 0 radical (unpaired) electrons. The van der Waals surface area contributed by atoms with Crippen molar-refractivity contribution in [2.24, 2.45) is 0 Å². The SMILES string of the molecule is c1ccc(-c2cc(-c3cnc(-n4c5ccccc5c5cc6c(cc54)c4ccccc4n6-c4ccccc4)nc3)nc(-c3ccccc3)n2)cc1. The minimum Gasteiger partial charge on any atom is -0.309 e. The highest BCUT2D eigenvalue weighted by Crippen LogP contribution is 2.39. The van der Waals surface area contributed by atoms with Crippen molar-refractivity contribution in [3.8, 4) is 45.5 Å². The van der Waals surface area contributed by atoms with Crippen LogP contribution < -0.4 is 0 Å². The first-order chi connectivity index (χ1) is 24.8. The molecule has 4 aromatic heterocycles. The van der Waals surface area contributed by atoms with E-state index in [-0.39, 0.29) is 0 Å². The fraction of sp³-hybridized carbons (Fsp3) is 0. The van der Waals surface area contributed by atoms with Gasteiger partial charge in [0.15, 0.2) is 5.82 Å². The van der Waals surface area contributed by atoms with E-state index >= 15 is 0 Å². The van der Waals surface area contributed by atoms with E-state index in [4.69, 9.17) is 19.9 Å². The van der Waals surface area contributed by atoms with Crippen molar-refractivity contribution >= 4 is 43.6 Å². The van der Waals surface area contributed by atoms with Gasteiger partial charge in [-0.2, -0.15) is 0 Å². The van der Waals surface area contributed by atoms with Gasteiger partial charge in [0.25, 0.3) is 0 Å². The average molecular weight is 641 g/mol. The molecule has 0 bridgehead atoms. The molecule has 0 aliphatic heterocycles. The van der Waals surface area contributed by atoms with Gasteiger partial charge >= 0.3 is 0 Å². The van der Waals surface area contributed by atoms with Gasteiger partial charge in [-0.3, -0.25) is 4.57 Å². The van der Waals surface area contributed by atoms with Crippen LogP contribution in [0.4, 0.5) is 0 Å². The first-order valence-electron chi connectivity index (χ1n) is 16.6. The summed E-state index contributed by atoms with van der Waals surface area (Å²) in [6.45, 7) is 0. The number of nitrogens with zero attached hydrogens (tertiary/aromatic N) is 6. The van der Waals surface area contributed by atoms with E-state index in [1.54, 1.807) is 0 Å². The van der Waals surface area contributed by atoms with E-state index in [0.717, 1.165) is 61.1 Å². The van der Waals surface area contributed by atoms with Crippen LogP contribution in [-0.2, 0) is 0 Å². The molecule has 50 heavy (non-hydrogen) atoms. The summed E-state index contributed by atoms with van der Waals surface area (Å²) in [7, 11) is 0. The van der Waals surface area contributed by atoms with E-state index in [2.05, 4.69) is 112 Å². The lowest BCUT2D eigenvalue weighted by Crippen LogP contribution is -2.02. The highest BCUT2D eigenvalue weighted by molar-refractivity contribution is 6.18. The standard InChI is InChI=1S/C44H28N6/c1-4-14-29(15-5-1)37-26-38(48-43(47-37)30-16-6-2-7-17-30)31-27-45-44(46-28-31)50-40-23-13-11-21-34(40)36-24-41-35(25-42(36)50)33-20-10-12-22-39(33)49(41)32-18-8-3-9-19-32/h1-28H. The Balaban J connectivity index is 1.16. The zero-order valence-corrected chi connectivity index (χ0v) is 26.8. The van der Waals surface area contributed by atoms with Gasteiger partial charge in [0.05, 0.1) is 33.5 Å². The number of benzene rings is 6. The summed E-state index contributed by atoms with van der Waals surface area (Å²) in [5.74, 6) is 1.26. The van der Waals surface area contributed by atoms with E-state index in [1.165, 1.54) is 16.3 Å². The van der Waals surface area contributed by atoms with Crippen LogP contribution in [0.3, 0.4) is 0 Å². The largest absolute Gasteiger partial charge is 0.309 e. The molecule has 0 saturated carbocycles. The van der Waals surface area contributed by atoms with Gasteiger partial charge < -0.3 is 4.57 Å². The van der Waals surface area contributed by atoms with Gasteiger partial charge in [-0.15, -0.1) is 0 Å². The van der Waals surface area contributed by atoms with Crippen LogP contribution in [0.2, 0.25) is 0 Å². The van der Waals surface area contributed by atoms with Crippen LogP contribution in [0.5, 0.6) is 0 Å². The molecule has 4 heterocycles. The van der Waals surface area contributed by atoms with Gasteiger partial charge in [-0.05, 0) is 42.5 Å². The number of hydrogen-bond acceptors (Lipinski definition) is 4. The molecule has 0 aliphatic rings. The number of hydrogen-bond donors (Lipinski definition) is 0. The van der Waals surface area contributed by atoms with Crippen LogP contribution in [0.15, 0.2) is 170 Å². The highest BCUT2D eigenvalue weighted by Gasteiger charge is 2.19. The molecule has 10 rings (SSSR count). The summed E-state index contributed by atoms with van der Waals surface area (Å²) in [6, 6.07) is 54.6. The lowest BCUT2D eigenvalue weighted by Gasteiger charge is -2.10. The predicted molar refractivity (Wildman–Crippen MR) is 203 cm³/mol. The van der Waals surface area contributed by atoms with E-state index in [9.17, 15) is 0 Å². The normalized spacial score (nSPS) is 11.6. The van der Waals surface area contributed by atoms with Crippen molar-refractivity contribution < 1.29 is 0 Å². The Bertz CT molecular complexity index is 2780. The van der Waals surface area contributed by atoms with Gasteiger partial charge in [-0.1, -0.05) is 115 Å². The summed E-state index contributed by atoms with van der Waals surface area (Å²) < 4.78 is 4.53. The Morgan fingerprint density at radius 3 is 1.46 bits per heavy atom. The van der Waals surface area contributed by atoms with Crippen molar-refractivity contribution in [1.29, 1.82) is 0 Å². The summed E-state index contributed by atoms with van der Waals surface area (Å²) in [5, 5.41) is 4.68. The van der Waals surface area contributed by atoms with E-state index in [0.29, 0.717) is 11.8 Å². The molecule has 0 spiro atoms. The van der Waals surface area contributed by atoms with Gasteiger partial charge in [0.1, 0.15) is 0 Å². The Morgan fingerprint density at radius 2 is 0.840 bits per heavy atom. The lowest BCUT2D eigenvalue weighted by molar-refractivity contribution is 0.988. The lowest BCUT2D eigenvalue weighted by atomic mass is 10.1. The molecule has 6 nitrogen and oxygen atoms in total. The molecule has 6 heteroatoms. The monoisotopic (exact) mass is 640 g/mol. The third-order valence-corrected chi connectivity index (χ3v) is 9.44. The number of rotatable bonds is 5. The Morgan fingerprint density at radius 1 is 0.360 bits per heavy atom. The summed E-state index contributed by atoms with van der Waals surface area (Å²) >= 11 is 0. The Labute approximate surface area is 287 Å². The highest BCUT2D eigenvalue weighted by atomic mass is 15.2. The van der Waals surface area contributed by atoms with Crippen molar-refractivity contribution in [3.63, 3.8) is 0 Å². The maximum absolute atomic E-state index is 4.98. The Kier molecular flexibility index (Phi) is 6.39. The van der Waals surface area contributed by atoms with Crippen molar-refractivity contribution in [2.75, 3.05) is 0 Å². The van der Waals surface area contributed by atoms with Crippen LogP contribution >= 0.6 is 0 Å². The summed E-state index contributed by atoms with van der Waals surface area (Å²) in [5.41, 5.74) is 9.99. The third kappa shape index (κ3) is 4.50. The van der Waals surface area contributed by atoms with E-state index < -0.39 is 0 Å². The molecule has 0 aliphatic carbocycles. The maximum Gasteiger partial charge on any atom is 0.234 e. The third-order valence-electron chi connectivity index (χ3n) is 9.44. The molecule has 0 N–H and O–H groups in total. The molecular weight excluding hydrogens is 613 g/mol. The minimum atomic E-state index is 0.603. The minimum absolute atomic E-state index is 0.603. The van der Waals surface area contributed by atoms with Crippen molar-refractivity contribution in [1.82, 2.24) is 29.1 Å². The van der Waals surface area contributed by atoms with Crippen molar-refractivity contribution in [3.05, 3.63) is 170 Å². The van der Waals surface area contributed by atoms with Gasteiger partial charge in [0.2, 0.25) is 5.95 Å². The fourth-order valence-corrected chi connectivity index (χ4v) is 7.14.